The van der Waals surface area contributed by atoms with Gasteiger partial charge in [-0.25, -0.2) is 4.98 Å². The van der Waals surface area contributed by atoms with Crippen LogP contribution in [-0.4, -0.2) is 29.8 Å². The molecule has 0 saturated heterocycles. The van der Waals surface area contributed by atoms with Crippen LogP contribution in [0.15, 0.2) is 19.0 Å². The molecule has 0 radical (unpaired) electrons. The number of imidazole rings is 1. The van der Waals surface area contributed by atoms with E-state index >= 15 is 0 Å². The molecule has 0 amide bonds. The number of hydrogen-bond acceptors (Lipinski definition) is 3. The lowest BCUT2D eigenvalue weighted by molar-refractivity contribution is 0.368. The van der Waals surface area contributed by atoms with Crippen LogP contribution in [0.5, 0.6) is 0 Å². The van der Waals surface area contributed by atoms with Crippen molar-refractivity contribution in [3.63, 3.8) is 0 Å². The van der Waals surface area contributed by atoms with Crippen LogP contribution in [0.3, 0.4) is 0 Å². The van der Waals surface area contributed by atoms with Gasteiger partial charge in [0.1, 0.15) is 11.1 Å². The monoisotopic (exact) mass is 317 g/mol. The van der Waals surface area contributed by atoms with Crippen molar-refractivity contribution in [3.05, 3.63) is 24.8 Å². The highest BCUT2D eigenvalue weighted by Gasteiger charge is 2.27. The van der Waals surface area contributed by atoms with E-state index in [-0.39, 0.29) is 0 Å². The molecule has 0 saturated carbocycles. The van der Waals surface area contributed by atoms with Crippen LogP contribution >= 0.6 is 0 Å². The average molecular weight is 317 g/mol. The molecule has 5 nitrogen and oxygen atoms in total. The average Bonchev–Trinajstić information content (AvgIpc) is 2.69. The maximum atomic E-state index is 11.2. The summed E-state index contributed by atoms with van der Waals surface area (Å²) in [6.45, 7) is 5.38. The number of hydrogen-bond donors (Lipinski definition) is 1. The quantitative estimate of drug-likeness (QED) is 0.515. The molecule has 1 rings (SSSR count). The third-order valence-electron chi connectivity index (χ3n) is 2.09. The van der Waals surface area contributed by atoms with E-state index in [0.717, 1.165) is 0 Å². The molecule has 0 fully saturated rings. The Hall–Kier alpha value is -1.36. The van der Waals surface area contributed by atoms with Gasteiger partial charge in [-0.15, -0.1) is 0 Å². The molecule has 20 heavy (non-hydrogen) atoms. The highest BCUT2D eigenvalue weighted by Crippen LogP contribution is 2.25. The van der Waals surface area contributed by atoms with E-state index in [9.17, 15) is 25.7 Å². The summed E-state index contributed by atoms with van der Waals surface area (Å²) in [5, 5.41) is -0.976. The molecule has 1 unspecified atom stereocenters. The standard InChI is InChI=1S/C9H14N2O3S.BF4/c1-3-5-8(15(12,13)14)9-10-6-7-11(9)4-2;2-1(3,4)5/h4,6-8H,2-3,5H2,1H3,(H,12,13,14);/q;-1. The van der Waals surface area contributed by atoms with Gasteiger partial charge in [0.15, 0.2) is 0 Å². The van der Waals surface area contributed by atoms with Crippen molar-refractivity contribution in [2.45, 2.75) is 25.0 Å². The molecule has 1 heterocycles. The molecule has 0 aromatic carbocycles. The summed E-state index contributed by atoms with van der Waals surface area (Å²) in [5.41, 5.74) is 0. The van der Waals surface area contributed by atoms with Crippen LogP contribution in [0.4, 0.5) is 17.3 Å². The molecule has 1 aromatic rings. The summed E-state index contributed by atoms with van der Waals surface area (Å²) in [6, 6.07) is 0. The van der Waals surface area contributed by atoms with Gasteiger partial charge in [-0.1, -0.05) is 19.9 Å². The van der Waals surface area contributed by atoms with Crippen molar-refractivity contribution in [1.29, 1.82) is 0 Å². The van der Waals surface area contributed by atoms with Gasteiger partial charge in [0.2, 0.25) is 0 Å². The second-order valence-corrected chi connectivity index (χ2v) is 5.26. The molecular formula is C9H14BF4N2O3S-. The first-order valence-electron chi connectivity index (χ1n) is 5.49. The fraction of sp³-hybridized carbons (Fsp3) is 0.444. The van der Waals surface area contributed by atoms with Crippen molar-refractivity contribution in [2.24, 2.45) is 0 Å². The minimum Gasteiger partial charge on any atom is -0.418 e. The Balaban J connectivity index is 0.000000621. The van der Waals surface area contributed by atoms with Gasteiger partial charge in [0, 0.05) is 18.6 Å². The van der Waals surface area contributed by atoms with Gasteiger partial charge >= 0.3 is 7.25 Å². The van der Waals surface area contributed by atoms with Crippen LogP contribution in [0, 0.1) is 0 Å². The smallest absolute Gasteiger partial charge is 0.418 e. The van der Waals surface area contributed by atoms with Crippen LogP contribution in [0.25, 0.3) is 6.20 Å². The van der Waals surface area contributed by atoms with Crippen LogP contribution in [0.2, 0.25) is 0 Å². The van der Waals surface area contributed by atoms with Crippen molar-refractivity contribution >= 4 is 23.6 Å². The minimum atomic E-state index is -6.00. The van der Waals surface area contributed by atoms with E-state index in [0.29, 0.717) is 18.7 Å². The van der Waals surface area contributed by atoms with Crippen molar-refractivity contribution < 1.29 is 30.2 Å². The molecule has 0 aliphatic carbocycles. The lowest BCUT2D eigenvalue weighted by atomic mass is 10.2. The minimum absolute atomic E-state index is 0.300. The maximum Gasteiger partial charge on any atom is 0.673 e. The lowest BCUT2D eigenvalue weighted by Gasteiger charge is -2.12. The van der Waals surface area contributed by atoms with Crippen molar-refractivity contribution in [3.8, 4) is 0 Å². The molecule has 1 N–H and O–H groups in total. The van der Waals surface area contributed by atoms with E-state index in [1.54, 1.807) is 6.20 Å². The predicted molar refractivity (Wildman–Crippen MR) is 68.0 cm³/mol. The molecule has 11 heteroatoms. The first-order valence-corrected chi connectivity index (χ1v) is 7.00. The third-order valence-corrected chi connectivity index (χ3v) is 3.26. The molecule has 0 aliphatic heterocycles. The first-order chi connectivity index (χ1) is 9.00. The Kier molecular flexibility index (Phi) is 6.93. The zero-order valence-electron chi connectivity index (χ0n) is 10.6. The fourth-order valence-electron chi connectivity index (χ4n) is 1.40. The van der Waals surface area contributed by atoms with Crippen LogP contribution < -0.4 is 0 Å². The predicted octanol–water partition coefficient (Wildman–Crippen LogP) is 3.01. The zero-order valence-corrected chi connectivity index (χ0v) is 11.4. The number of halogens is 4. The summed E-state index contributed by atoms with van der Waals surface area (Å²) < 4.78 is 71.9. The number of rotatable bonds is 5. The summed E-state index contributed by atoms with van der Waals surface area (Å²) in [7, 11) is -10.1. The Morgan fingerprint density at radius 2 is 2.00 bits per heavy atom. The van der Waals surface area contributed by atoms with E-state index in [1.807, 2.05) is 6.92 Å². The van der Waals surface area contributed by atoms with E-state index in [1.165, 1.54) is 17.0 Å². The van der Waals surface area contributed by atoms with E-state index in [2.05, 4.69) is 11.6 Å². The first kappa shape index (κ1) is 18.6. The Bertz CT molecular complexity index is 524. The summed E-state index contributed by atoms with van der Waals surface area (Å²) >= 11 is 0. The summed E-state index contributed by atoms with van der Waals surface area (Å²) in [4.78, 5) is 3.92. The van der Waals surface area contributed by atoms with Gasteiger partial charge in [0.25, 0.3) is 10.1 Å². The second-order valence-electron chi connectivity index (χ2n) is 3.66. The molecule has 1 atom stereocenters. The van der Waals surface area contributed by atoms with Crippen LogP contribution in [0.1, 0.15) is 30.8 Å². The lowest BCUT2D eigenvalue weighted by Crippen LogP contribution is -2.15. The van der Waals surface area contributed by atoms with Crippen molar-refractivity contribution in [1.82, 2.24) is 9.55 Å². The van der Waals surface area contributed by atoms with Gasteiger partial charge in [0.05, 0.1) is 0 Å². The van der Waals surface area contributed by atoms with E-state index in [4.69, 9.17) is 4.55 Å². The topological polar surface area (TPSA) is 72.2 Å². The number of nitrogens with zero attached hydrogens (tertiary/aromatic N) is 2. The zero-order chi connectivity index (χ0) is 16.0. The van der Waals surface area contributed by atoms with Crippen LogP contribution in [-0.2, 0) is 10.1 Å². The van der Waals surface area contributed by atoms with Gasteiger partial charge in [-0.2, -0.15) is 8.42 Å². The third kappa shape index (κ3) is 7.29. The Labute approximate surface area is 114 Å². The summed E-state index contributed by atoms with van der Waals surface area (Å²) in [6.07, 6.45) is 5.51. The molecule has 0 aliphatic rings. The molecule has 0 bridgehead atoms. The highest BCUT2D eigenvalue weighted by molar-refractivity contribution is 7.86. The van der Waals surface area contributed by atoms with Gasteiger partial charge < -0.3 is 21.8 Å². The molecule has 0 spiro atoms. The molecule has 1 aromatic heterocycles. The maximum absolute atomic E-state index is 11.2. The summed E-state index contributed by atoms with van der Waals surface area (Å²) in [5.74, 6) is 0.300. The Morgan fingerprint density at radius 3 is 2.35 bits per heavy atom. The van der Waals surface area contributed by atoms with Gasteiger partial charge in [-0.3, -0.25) is 4.55 Å². The fourth-order valence-corrected chi connectivity index (χ4v) is 2.38. The Morgan fingerprint density at radius 1 is 1.50 bits per heavy atom. The molecule has 116 valence electrons. The van der Waals surface area contributed by atoms with E-state index < -0.39 is 22.6 Å². The van der Waals surface area contributed by atoms with Gasteiger partial charge in [-0.05, 0) is 6.42 Å². The SMILES string of the molecule is C=Cn1ccnc1C(CCC)S(=O)(=O)O.F[B-](F)(F)F. The largest absolute Gasteiger partial charge is 0.673 e. The molecular weight excluding hydrogens is 303 g/mol. The number of aromatic nitrogens is 2. The normalized spacial score (nSPS) is 13.3. The highest BCUT2D eigenvalue weighted by atomic mass is 32.2. The second kappa shape index (κ2) is 7.43. The van der Waals surface area contributed by atoms with Crippen molar-refractivity contribution in [2.75, 3.05) is 0 Å².